The molecule has 0 N–H and O–H groups in total. The summed E-state index contributed by atoms with van der Waals surface area (Å²) in [4.78, 5) is 17.9. The Labute approximate surface area is 125 Å². The van der Waals surface area contributed by atoms with Gasteiger partial charge in [0.25, 0.3) is 0 Å². The molecule has 0 saturated carbocycles. The fourth-order valence-electron chi connectivity index (χ4n) is 2.10. The molecule has 1 heterocycles. The third-order valence-electron chi connectivity index (χ3n) is 3.38. The third kappa shape index (κ3) is 3.08. The van der Waals surface area contributed by atoms with Crippen molar-refractivity contribution in [1.82, 2.24) is 4.98 Å². The monoisotopic (exact) mass is 278 g/mol. The highest BCUT2D eigenvalue weighted by molar-refractivity contribution is 6.00. The summed E-state index contributed by atoms with van der Waals surface area (Å²) < 4.78 is 0. The molecule has 0 saturated heterocycles. The molecule has 0 atom stereocenters. The number of anilines is 1. The van der Waals surface area contributed by atoms with E-state index >= 15 is 0 Å². The number of hydrogen-bond acceptors (Lipinski definition) is 3. The first-order valence-corrected chi connectivity index (χ1v) is 6.65. The Hall–Kier alpha value is -2.68. The van der Waals surface area contributed by atoms with Gasteiger partial charge in [0, 0.05) is 24.5 Å². The predicted molar refractivity (Wildman–Crippen MR) is 87.3 cm³/mol. The van der Waals surface area contributed by atoms with Crippen molar-refractivity contribution in [2.24, 2.45) is 0 Å². The lowest BCUT2D eigenvalue weighted by Crippen LogP contribution is -2.18. The van der Waals surface area contributed by atoms with Crippen LogP contribution in [0.2, 0.25) is 0 Å². The van der Waals surface area contributed by atoms with Crippen molar-refractivity contribution in [3.8, 4) is 0 Å². The maximum atomic E-state index is 11.7. The molecule has 3 heteroatoms. The van der Waals surface area contributed by atoms with Gasteiger partial charge in [-0.25, -0.2) is 4.98 Å². The molecule has 0 aliphatic carbocycles. The summed E-state index contributed by atoms with van der Waals surface area (Å²) in [5.41, 5.74) is 2.88. The topological polar surface area (TPSA) is 33.2 Å². The lowest BCUT2D eigenvalue weighted by Gasteiger charge is -2.23. The van der Waals surface area contributed by atoms with Crippen molar-refractivity contribution >= 4 is 17.2 Å². The molecule has 0 aliphatic heterocycles. The van der Waals surface area contributed by atoms with Crippen LogP contribution in [0.3, 0.4) is 0 Å². The summed E-state index contributed by atoms with van der Waals surface area (Å²) in [7, 11) is 1.88. The van der Waals surface area contributed by atoms with Gasteiger partial charge in [-0.05, 0) is 30.2 Å². The average Bonchev–Trinajstić information content (AvgIpc) is 2.53. The van der Waals surface area contributed by atoms with E-state index in [-0.39, 0.29) is 5.78 Å². The number of ketones is 1. The number of carbonyl (C=O) groups excluding carboxylic acids is 1. The van der Waals surface area contributed by atoms with Crippen LogP contribution in [0.25, 0.3) is 5.57 Å². The standard InChI is InChI=1S/C18H18N2O/c1-13(16-9-5-6-10-17(16)15(3)21)14(2)20(4)18-11-7-8-12-19-18/h5-12H,1-2H2,3-4H3. The van der Waals surface area contributed by atoms with E-state index in [1.54, 1.807) is 19.2 Å². The zero-order valence-electron chi connectivity index (χ0n) is 12.3. The Balaban J connectivity index is 2.33. The van der Waals surface area contributed by atoms with Crippen LogP contribution in [-0.2, 0) is 0 Å². The van der Waals surface area contributed by atoms with Crippen LogP contribution in [0.5, 0.6) is 0 Å². The van der Waals surface area contributed by atoms with E-state index in [1.165, 1.54) is 0 Å². The van der Waals surface area contributed by atoms with Crippen LogP contribution < -0.4 is 4.90 Å². The molecule has 2 aromatic rings. The van der Waals surface area contributed by atoms with Gasteiger partial charge in [-0.1, -0.05) is 43.5 Å². The predicted octanol–water partition coefficient (Wildman–Crippen LogP) is 3.95. The first-order valence-electron chi connectivity index (χ1n) is 6.65. The van der Waals surface area contributed by atoms with Crippen molar-refractivity contribution in [2.45, 2.75) is 6.92 Å². The zero-order chi connectivity index (χ0) is 15.4. The molecule has 0 aliphatic rings. The summed E-state index contributed by atoms with van der Waals surface area (Å²) in [5.74, 6) is 0.795. The molecule has 0 spiro atoms. The normalized spacial score (nSPS) is 10.0. The van der Waals surface area contributed by atoms with E-state index in [1.807, 2.05) is 48.3 Å². The minimum absolute atomic E-state index is 0.0139. The molecule has 0 amide bonds. The number of benzene rings is 1. The molecule has 0 radical (unpaired) electrons. The van der Waals surface area contributed by atoms with E-state index in [0.29, 0.717) is 16.8 Å². The summed E-state index contributed by atoms with van der Waals surface area (Å²) in [5, 5.41) is 0. The number of aromatic nitrogens is 1. The second kappa shape index (κ2) is 6.18. The smallest absolute Gasteiger partial charge is 0.160 e. The molecule has 106 valence electrons. The number of Topliss-reactive ketones (excluding diaryl/α,β-unsaturated/α-hetero) is 1. The molecular weight excluding hydrogens is 260 g/mol. The number of hydrogen-bond donors (Lipinski definition) is 0. The van der Waals surface area contributed by atoms with Crippen molar-refractivity contribution in [2.75, 3.05) is 11.9 Å². The van der Waals surface area contributed by atoms with Crippen LogP contribution in [0.1, 0.15) is 22.8 Å². The van der Waals surface area contributed by atoms with Crippen molar-refractivity contribution in [3.63, 3.8) is 0 Å². The Morgan fingerprint density at radius 3 is 2.24 bits per heavy atom. The van der Waals surface area contributed by atoms with Gasteiger partial charge in [-0.3, -0.25) is 4.79 Å². The molecular formula is C18H18N2O. The molecule has 1 aromatic heterocycles. The minimum Gasteiger partial charge on any atom is -0.329 e. The first-order chi connectivity index (χ1) is 10.0. The number of carbonyl (C=O) groups is 1. The number of nitrogens with zero attached hydrogens (tertiary/aromatic N) is 2. The lowest BCUT2D eigenvalue weighted by molar-refractivity contribution is 0.101. The van der Waals surface area contributed by atoms with Gasteiger partial charge >= 0.3 is 0 Å². The molecule has 0 bridgehead atoms. The summed E-state index contributed by atoms with van der Waals surface area (Å²) >= 11 is 0. The molecule has 21 heavy (non-hydrogen) atoms. The van der Waals surface area contributed by atoms with Crippen LogP contribution in [-0.4, -0.2) is 17.8 Å². The fourth-order valence-corrected chi connectivity index (χ4v) is 2.10. The van der Waals surface area contributed by atoms with Crippen molar-refractivity contribution < 1.29 is 4.79 Å². The van der Waals surface area contributed by atoms with Gasteiger partial charge in [0.2, 0.25) is 0 Å². The number of rotatable bonds is 5. The molecule has 2 rings (SSSR count). The summed E-state index contributed by atoms with van der Waals surface area (Å²) in [6.07, 6.45) is 1.73. The highest BCUT2D eigenvalue weighted by atomic mass is 16.1. The van der Waals surface area contributed by atoms with E-state index in [4.69, 9.17) is 0 Å². The number of pyridine rings is 1. The number of likely N-dealkylation sites (N-methyl/N-ethyl adjacent to an activating group) is 1. The van der Waals surface area contributed by atoms with E-state index in [0.717, 1.165) is 11.4 Å². The molecule has 3 nitrogen and oxygen atoms in total. The third-order valence-corrected chi connectivity index (χ3v) is 3.38. The van der Waals surface area contributed by atoms with Crippen molar-refractivity contribution in [3.05, 3.63) is 78.6 Å². The van der Waals surface area contributed by atoms with Gasteiger partial charge in [-0.2, -0.15) is 0 Å². The zero-order valence-corrected chi connectivity index (χ0v) is 12.3. The fraction of sp³-hybridized carbons (Fsp3) is 0.111. The maximum Gasteiger partial charge on any atom is 0.160 e. The minimum atomic E-state index is 0.0139. The van der Waals surface area contributed by atoms with Crippen molar-refractivity contribution in [1.29, 1.82) is 0 Å². The quantitative estimate of drug-likeness (QED) is 0.613. The average molecular weight is 278 g/mol. The summed E-state index contributed by atoms with van der Waals surface area (Å²) in [6, 6.07) is 13.1. The highest BCUT2D eigenvalue weighted by Crippen LogP contribution is 2.27. The van der Waals surface area contributed by atoms with Gasteiger partial charge in [0.05, 0.1) is 0 Å². The second-order valence-corrected chi connectivity index (χ2v) is 4.77. The van der Waals surface area contributed by atoms with Crippen LogP contribution in [0.15, 0.2) is 67.5 Å². The first kappa shape index (κ1) is 14.7. The lowest BCUT2D eigenvalue weighted by atomic mass is 9.96. The molecule has 0 fully saturated rings. The van der Waals surface area contributed by atoms with Gasteiger partial charge in [0.1, 0.15) is 5.82 Å². The Morgan fingerprint density at radius 1 is 1.05 bits per heavy atom. The van der Waals surface area contributed by atoms with E-state index in [2.05, 4.69) is 18.1 Å². The maximum absolute atomic E-state index is 11.7. The van der Waals surface area contributed by atoms with Crippen LogP contribution in [0, 0.1) is 0 Å². The SMILES string of the molecule is C=C(C(=C)N(C)c1ccccn1)c1ccccc1C(C)=O. The molecule has 0 unspecified atom stereocenters. The van der Waals surface area contributed by atoms with Gasteiger partial charge in [0.15, 0.2) is 5.78 Å². The van der Waals surface area contributed by atoms with Crippen LogP contribution >= 0.6 is 0 Å². The highest BCUT2D eigenvalue weighted by Gasteiger charge is 2.15. The summed E-state index contributed by atoms with van der Waals surface area (Å²) in [6.45, 7) is 9.73. The van der Waals surface area contributed by atoms with E-state index < -0.39 is 0 Å². The van der Waals surface area contributed by atoms with Gasteiger partial charge < -0.3 is 4.90 Å². The Morgan fingerprint density at radius 2 is 1.67 bits per heavy atom. The second-order valence-electron chi connectivity index (χ2n) is 4.77. The van der Waals surface area contributed by atoms with Gasteiger partial charge in [-0.15, -0.1) is 0 Å². The molecule has 1 aromatic carbocycles. The Kier molecular flexibility index (Phi) is 4.33. The Bertz CT molecular complexity index is 689. The number of allylic oxidation sites excluding steroid dienone is 1. The van der Waals surface area contributed by atoms with Crippen LogP contribution in [0.4, 0.5) is 5.82 Å². The largest absolute Gasteiger partial charge is 0.329 e. The van der Waals surface area contributed by atoms with E-state index in [9.17, 15) is 4.79 Å².